The number of guanidine groups is 1. The van der Waals surface area contributed by atoms with Gasteiger partial charge in [0.25, 0.3) is 0 Å². The summed E-state index contributed by atoms with van der Waals surface area (Å²) in [7, 11) is 1.81. The SMILES string of the molecule is CN=C(NCCCN(C(C)C)C(C)C)NCc1csc(-c2ccccc2)n1.I. The molecule has 0 radical (unpaired) electrons. The molecular weight excluding hydrogens is 481 g/mol. The van der Waals surface area contributed by atoms with E-state index < -0.39 is 0 Å². The smallest absolute Gasteiger partial charge is 0.191 e. The standard InChI is InChI=1S/C21H33N5S.HI/c1-16(2)26(17(3)4)13-9-12-23-21(22-5)24-14-19-15-27-20(25-19)18-10-7-6-8-11-18;/h6-8,10-11,15-17H,9,12-14H2,1-5H3,(H2,22,23,24);1H. The number of nitrogens with one attached hydrogen (secondary N) is 2. The van der Waals surface area contributed by atoms with Crippen LogP contribution in [0.3, 0.4) is 0 Å². The fraction of sp³-hybridized carbons (Fsp3) is 0.524. The highest BCUT2D eigenvalue weighted by molar-refractivity contribution is 14.0. The molecule has 2 N–H and O–H groups in total. The summed E-state index contributed by atoms with van der Waals surface area (Å²) >= 11 is 1.68. The Morgan fingerprint density at radius 1 is 1.11 bits per heavy atom. The lowest BCUT2D eigenvalue weighted by atomic mass is 10.2. The molecule has 0 aliphatic rings. The molecule has 1 aromatic heterocycles. The zero-order valence-electron chi connectivity index (χ0n) is 17.6. The second-order valence-electron chi connectivity index (χ2n) is 7.14. The van der Waals surface area contributed by atoms with Crippen LogP contribution < -0.4 is 10.6 Å². The third-order valence-corrected chi connectivity index (χ3v) is 5.39. The minimum Gasteiger partial charge on any atom is -0.356 e. The lowest BCUT2D eigenvalue weighted by molar-refractivity contribution is 0.173. The van der Waals surface area contributed by atoms with E-state index >= 15 is 0 Å². The van der Waals surface area contributed by atoms with Gasteiger partial charge < -0.3 is 10.6 Å². The van der Waals surface area contributed by atoms with E-state index in [-0.39, 0.29) is 24.0 Å². The largest absolute Gasteiger partial charge is 0.356 e. The maximum absolute atomic E-state index is 4.71. The Morgan fingerprint density at radius 2 is 1.79 bits per heavy atom. The Kier molecular flexibility index (Phi) is 11.6. The molecule has 2 aromatic rings. The maximum Gasteiger partial charge on any atom is 0.191 e. The van der Waals surface area contributed by atoms with Crippen molar-refractivity contribution in [3.63, 3.8) is 0 Å². The number of hydrogen-bond donors (Lipinski definition) is 2. The molecule has 2 rings (SSSR count). The van der Waals surface area contributed by atoms with E-state index in [4.69, 9.17) is 4.98 Å². The van der Waals surface area contributed by atoms with Gasteiger partial charge in [0, 0.05) is 43.2 Å². The summed E-state index contributed by atoms with van der Waals surface area (Å²) in [5, 5.41) is 9.91. The number of halogens is 1. The van der Waals surface area contributed by atoms with Crippen molar-refractivity contribution in [3.05, 3.63) is 41.4 Å². The van der Waals surface area contributed by atoms with Crippen LogP contribution >= 0.6 is 35.3 Å². The van der Waals surface area contributed by atoms with Gasteiger partial charge in [0.2, 0.25) is 0 Å². The third kappa shape index (κ3) is 8.05. The molecule has 0 saturated carbocycles. The Morgan fingerprint density at radius 3 is 2.39 bits per heavy atom. The predicted molar refractivity (Wildman–Crippen MR) is 133 cm³/mol. The first-order valence-corrected chi connectivity index (χ1v) is 10.6. The van der Waals surface area contributed by atoms with Gasteiger partial charge in [-0.05, 0) is 34.1 Å². The minimum atomic E-state index is 0. The maximum atomic E-state index is 4.71. The summed E-state index contributed by atoms with van der Waals surface area (Å²) in [6.07, 6.45) is 1.09. The van der Waals surface area contributed by atoms with Crippen LogP contribution in [-0.2, 0) is 6.54 Å². The average Bonchev–Trinajstić information content (AvgIpc) is 3.13. The normalized spacial score (nSPS) is 11.8. The lowest BCUT2D eigenvalue weighted by Gasteiger charge is -2.30. The van der Waals surface area contributed by atoms with E-state index in [1.165, 1.54) is 0 Å². The Labute approximate surface area is 191 Å². The third-order valence-electron chi connectivity index (χ3n) is 4.45. The zero-order valence-corrected chi connectivity index (χ0v) is 20.8. The van der Waals surface area contributed by atoms with Gasteiger partial charge in [0.05, 0.1) is 12.2 Å². The molecule has 0 fully saturated rings. The van der Waals surface area contributed by atoms with Crippen LogP contribution in [0.25, 0.3) is 10.6 Å². The van der Waals surface area contributed by atoms with Crippen molar-refractivity contribution >= 4 is 41.3 Å². The fourth-order valence-corrected chi connectivity index (χ4v) is 3.90. The van der Waals surface area contributed by atoms with Gasteiger partial charge in [-0.2, -0.15) is 0 Å². The molecule has 0 amide bonds. The second-order valence-corrected chi connectivity index (χ2v) is 8.00. The molecule has 0 spiro atoms. The molecule has 0 aliphatic carbocycles. The number of hydrogen-bond acceptors (Lipinski definition) is 4. The van der Waals surface area contributed by atoms with E-state index in [1.807, 2.05) is 18.2 Å². The van der Waals surface area contributed by atoms with Crippen molar-refractivity contribution in [2.75, 3.05) is 20.1 Å². The summed E-state index contributed by atoms with van der Waals surface area (Å²) in [6.45, 7) is 11.7. The molecule has 28 heavy (non-hydrogen) atoms. The molecule has 156 valence electrons. The fourth-order valence-electron chi connectivity index (χ4n) is 3.08. The molecule has 0 bridgehead atoms. The first-order valence-electron chi connectivity index (χ1n) is 9.71. The minimum absolute atomic E-state index is 0. The number of benzene rings is 1. The Bertz CT molecular complexity index is 692. The monoisotopic (exact) mass is 515 g/mol. The molecular formula is C21H34IN5S. The van der Waals surface area contributed by atoms with Gasteiger partial charge in [-0.3, -0.25) is 9.89 Å². The van der Waals surface area contributed by atoms with E-state index in [0.29, 0.717) is 18.6 Å². The van der Waals surface area contributed by atoms with Gasteiger partial charge in [0.15, 0.2) is 5.96 Å². The summed E-state index contributed by atoms with van der Waals surface area (Å²) in [5.74, 6) is 0.824. The van der Waals surface area contributed by atoms with Crippen molar-refractivity contribution in [1.29, 1.82) is 0 Å². The highest BCUT2D eigenvalue weighted by Crippen LogP contribution is 2.23. The topological polar surface area (TPSA) is 52.6 Å². The van der Waals surface area contributed by atoms with E-state index in [2.05, 4.69) is 65.7 Å². The number of aliphatic imine (C=N–C) groups is 1. The van der Waals surface area contributed by atoms with Crippen LogP contribution in [0.2, 0.25) is 0 Å². The van der Waals surface area contributed by atoms with Crippen LogP contribution in [0.15, 0.2) is 40.7 Å². The van der Waals surface area contributed by atoms with Gasteiger partial charge >= 0.3 is 0 Å². The zero-order chi connectivity index (χ0) is 19.6. The van der Waals surface area contributed by atoms with Crippen molar-refractivity contribution in [1.82, 2.24) is 20.5 Å². The summed E-state index contributed by atoms with van der Waals surface area (Å²) < 4.78 is 0. The van der Waals surface area contributed by atoms with Crippen LogP contribution in [0.5, 0.6) is 0 Å². The first-order chi connectivity index (χ1) is 13.0. The lowest BCUT2D eigenvalue weighted by Crippen LogP contribution is -2.41. The van der Waals surface area contributed by atoms with Crippen LogP contribution in [-0.4, -0.2) is 48.1 Å². The van der Waals surface area contributed by atoms with Crippen LogP contribution in [0.1, 0.15) is 39.8 Å². The molecule has 0 aliphatic heterocycles. The Balaban J connectivity index is 0.00000392. The first kappa shape index (κ1) is 24.8. The van der Waals surface area contributed by atoms with Crippen molar-refractivity contribution in [2.45, 2.75) is 52.7 Å². The van der Waals surface area contributed by atoms with E-state index in [1.54, 1.807) is 18.4 Å². The highest BCUT2D eigenvalue weighted by Gasteiger charge is 2.12. The number of rotatable bonds is 9. The van der Waals surface area contributed by atoms with Gasteiger partial charge in [0.1, 0.15) is 5.01 Å². The molecule has 0 saturated heterocycles. The predicted octanol–water partition coefficient (Wildman–Crippen LogP) is 4.60. The number of aromatic nitrogens is 1. The van der Waals surface area contributed by atoms with E-state index in [9.17, 15) is 0 Å². The molecule has 1 heterocycles. The quantitative estimate of drug-likeness (QED) is 0.222. The van der Waals surface area contributed by atoms with Crippen LogP contribution in [0, 0.1) is 0 Å². The van der Waals surface area contributed by atoms with Crippen molar-refractivity contribution in [3.8, 4) is 10.6 Å². The molecule has 7 heteroatoms. The second kappa shape index (κ2) is 13.1. The van der Waals surface area contributed by atoms with Gasteiger partial charge in [-0.15, -0.1) is 35.3 Å². The molecule has 0 atom stereocenters. The Hall–Kier alpha value is -1.19. The van der Waals surface area contributed by atoms with Gasteiger partial charge in [-0.25, -0.2) is 4.98 Å². The van der Waals surface area contributed by atoms with Crippen molar-refractivity contribution < 1.29 is 0 Å². The summed E-state index contributed by atoms with van der Waals surface area (Å²) in [6, 6.07) is 11.4. The summed E-state index contributed by atoms with van der Waals surface area (Å²) in [4.78, 5) is 11.5. The summed E-state index contributed by atoms with van der Waals surface area (Å²) in [5.41, 5.74) is 2.20. The number of nitrogens with zero attached hydrogens (tertiary/aromatic N) is 3. The van der Waals surface area contributed by atoms with Gasteiger partial charge in [-0.1, -0.05) is 30.3 Å². The molecule has 5 nitrogen and oxygen atoms in total. The molecule has 1 aromatic carbocycles. The number of thiazole rings is 1. The van der Waals surface area contributed by atoms with Crippen LogP contribution in [0.4, 0.5) is 0 Å². The van der Waals surface area contributed by atoms with Crippen molar-refractivity contribution in [2.24, 2.45) is 4.99 Å². The molecule has 0 unspecified atom stereocenters. The van der Waals surface area contributed by atoms with E-state index in [0.717, 1.165) is 41.7 Å². The highest BCUT2D eigenvalue weighted by atomic mass is 127. The average molecular weight is 516 g/mol.